The Morgan fingerprint density at radius 3 is 2.46 bits per heavy atom. The van der Waals surface area contributed by atoms with E-state index in [2.05, 4.69) is 19.9 Å². The lowest BCUT2D eigenvalue weighted by molar-refractivity contribution is 0.594. The maximum Gasteiger partial charge on any atom is 0.250 e. The Balaban J connectivity index is 3.38. The predicted molar refractivity (Wildman–Crippen MR) is 55.2 cm³/mol. The molecule has 0 radical (unpaired) electrons. The first-order valence-electron chi connectivity index (χ1n) is 3.67. The Kier molecular flexibility index (Phi) is 3.10. The van der Waals surface area contributed by atoms with Crippen LogP contribution in [0.3, 0.4) is 0 Å². The number of sulfonamides is 1. The fourth-order valence-corrected chi connectivity index (χ4v) is 2.48. The molecular weight excluding hydrogens is 254 g/mol. The lowest BCUT2D eigenvalue weighted by Gasteiger charge is -2.05. The van der Waals surface area contributed by atoms with Crippen molar-refractivity contribution in [3.63, 3.8) is 0 Å². The van der Waals surface area contributed by atoms with Gasteiger partial charge in [0.05, 0.1) is 4.90 Å². The normalized spacial score (nSPS) is 11.6. The van der Waals surface area contributed by atoms with Crippen LogP contribution in [0.15, 0.2) is 23.1 Å². The third kappa shape index (κ3) is 2.30. The van der Waals surface area contributed by atoms with Gasteiger partial charge in [-0.05, 0) is 31.0 Å². The van der Waals surface area contributed by atoms with Gasteiger partial charge in [-0.15, -0.1) is 3.75 Å². The van der Waals surface area contributed by atoms with Gasteiger partial charge in [-0.1, -0.05) is 12.1 Å². The summed E-state index contributed by atoms with van der Waals surface area (Å²) < 4.78 is 24.9. The van der Waals surface area contributed by atoms with Crippen LogP contribution >= 0.6 is 16.1 Å². The zero-order chi connectivity index (χ0) is 10.1. The van der Waals surface area contributed by atoms with Gasteiger partial charge in [-0.25, -0.2) is 8.42 Å². The molecule has 0 spiro atoms. The molecule has 1 aromatic rings. The van der Waals surface area contributed by atoms with E-state index in [9.17, 15) is 8.42 Å². The van der Waals surface area contributed by atoms with Crippen LogP contribution in [0.5, 0.6) is 0 Å². The Hall–Kier alpha value is -0.390. The van der Waals surface area contributed by atoms with Crippen molar-refractivity contribution in [1.82, 2.24) is 3.75 Å². The minimum absolute atomic E-state index is 0.310. The molecule has 0 aromatic heterocycles. The van der Waals surface area contributed by atoms with Gasteiger partial charge in [0.25, 0.3) is 0 Å². The zero-order valence-electron chi connectivity index (χ0n) is 7.33. The smallest absolute Gasteiger partial charge is 0.206 e. The number of rotatable bonds is 2. The summed E-state index contributed by atoms with van der Waals surface area (Å²) in [5.41, 5.74) is 1.66. The zero-order valence-corrected chi connectivity index (χ0v) is 9.74. The molecule has 1 N–H and O–H groups in total. The highest BCUT2D eigenvalue weighted by Gasteiger charge is 2.14. The van der Waals surface area contributed by atoms with Gasteiger partial charge in [0, 0.05) is 16.1 Å². The Labute approximate surface area is 86.5 Å². The van der Waals surface area contributed by atoms with Crippen LogP contribution in [-0.4, -0.2) is 8.42 Å². The maximum atomic E-state index is 11.4. The van der Waals surface area contributed by atoms with Crippen molar-refractivity contribution >= 4 is 26.2 Å². The third-order valence-corrected chi connectivity index (χ3v) is 4.24. The summed E-state index contributed by atoms with van der Waals surface area (Å²) in [6, 6.07) is 5.30. The molecule has 5 heteroatoms. The molecule has 0 amide bonds. The molecule has 0 atom stereocenters. The van der Waals surface area contributed by atoms with Gasteiger partial charge >= 0.3 is 0 Å². The fraction of sp³-hybridized carbons (Fsp3) is 0.250. The molecule has 0 saturated carbocycles. The van der Waals surface area contributed by atoms with Crippen LogP contribution in [0.2, 0.25) is 0 Å². The molecule has 0 aliphatic rings. The monoisotopic (exact) mass is 263 g/mol. The van der Waals surface area contributed by atoms with Crippen molar-refractivity contribution in [1.29, 1.82) is 0 Å². The highest BCUT2D eigenvalue weighted by molar-refractivity contribution is 9.09. The van der Waals surface area contributed by atoms with E-state index in [1.54, 1.807) is 19.1 Å². The van der Waals surface area contributed by atoms with Crippen LogP contribution in [-0.2, 0) is 10.0 Å². The largest absolute Gasteiger partial charge is 0.250 e. The summed E-state index contributed by atoms with van der Waals surface area (Å²) >= 11 is 2.73. The lowest BCUT2D eigenvalue weighted by Crippen LogP contribution is -2.14. The van der Waals surface area contributed by atoms with Gasteiger partial charge in [0.1, 0.15) is 0 Å². The average molecular weight is 264 g/mol. The number of aryl methyl sites for hydroxylation is 2. The molecule has 72 valence electrons. The Morgan fingerprint density at radius 2 is 1.92 bits per heavy atom. The van der Waals surface area contributed by atoms with Crippen LogP contribution in [0.1, 0.15) is 11.1 Å². The molecule has 0 bridgehead atoms. The van der Waals surface area contributed by atoms with Crippen LogP contribution < -0.4 is 3.75 Å². The minimum Gasteiger partial charge on any atom is -0.206 e. The molecular formula is C8H10BrNO2S. The van der Waals surface area contributed by atoms with E-state index in [4.69, 9.17) is 0 Å². The lowest BCUT2D eigenvalue weighted by atomic mass is 10.2. The molecule has 0 unspecified atom stereocenters. The molecule has 0 fully saturated rings. The topological polar surface area (TPSA) is 46.2 Å². The third-order valence-electron chi connectivity index (χ3n) is 1.73. The number of benzene rings is 1. The van der Waals surface area contributed by atoms with Gasteiger partial charge in [0.2, 0.25) is 10.0 Å². The number of hydrogen-bond donors (Lipinski definition) is 1. The summed E-state index contributed by atoms with van der Waals surface area (Å²) in [4.78, 5) is 0.310. The molecule has 0 aliphatic carbocycles. The predicted octanol–water partition coefficient (Wildman–Crippen LogP) is 1.89. The molecule has 3 nitrogen and oxygen atoms in total. The van der Waals surface area contributed by atoms with E-state index in [1.165, 1.54) is 0 Å². The van der Waals surface area contributed by atoms with E-state index >= 15 is 0 Å². The summed E-state index contributed by atoms with van der Waals surface area (Å²) in [6.07, 6.45) is 0. The highest BCUT2D eigenvalue weighted by atomic mass is 79.9. The molecule has 1 rings (SSSR count). The first-order valence-corrected chi connectivity index (χ1v) is 5.94. The van der Waals surface area contributed by atoms with E-state index < -0.39 is 10.0 Å². The van der Waals surface area contributed by atoms with E-state index in [0.717, 1.165) is 11.1 Å². The van der Waals surface area contributed by atoms with Crippen LogP contribution in [0.4, 0.5) is 0 Å². The molecule has 0 heterocycles. The van der Waals surface area contributed by atoms with Gasteiger partial charge in [-0.3, -0.25) is 0 Å². The number of hydrogen-bond acceptors (Lipinski definition) is 2. The van der Waals surface area contributed by atoms with Crippen molar-refractivity contribution in [2.75, 3.05) is 0 Å². The number of halogens is 1. The first kappa shape index (κ1) is 10.7. The van der Waals surface area contributed by atoms with Gasteiger partial charge in [0.15, 0.2) is 0 Å². The summed E-state index contributed by atoms with van der Waals surface area (Å²) in [6.45, 7) is 3.61. The second-order valence-electron chi connectivity index (χ2n) is 2.85. The van der Waals surface area contributed by atoms with Crippen molar-refractivity contribution in [3.05, 3.63) is 29.3 Å². The van der Waals surface area contributed by atoms with Crippen LogP contribution in [0.25, 0.3) is 0 Å². The Morgan fingerprint density at radius 1 is 1.31 bits per heavy atom. The molecule has 0 saturated heterocycles. The van der Waals surface area contributed by atoms with Crippen molar-refractivity contribution in [3.8, 4) is 0 Å². The second-order valence-corrected chi connectivity index (χ2v) is 5.42. The van der Waals surface area contributed by atoms with E-state index in [-0.39, 0.29) is 0 Å². The van der Waals surface area contributed by atoms with Crippen LogP contribution in [0, 0.1) is 13.8 Å². The molecule has 13 heavy (non-hydrogen) atoms. The second kappa shape index (κ2) is 3.77. The summed E-state index contributed by atoms with van der Waals surface area (Å²) in [5.74, 6) is 0. The van der Waals surface area contributed by atoms with Gasteiger partial charge < -0.3 is 0 Å². The first-order chi connectivity index (χ1) is 5.97. The number of nitrogens with one attached hydrogen (secondary N) is 1. The standard InChI is InChI=1S/C8H10BrNO2S/c1-6-3-4-7(2)8(5-6)13(11,12)10-9/h3-5,10H,1-2H3. The van der Waals surface area contributed by atoms with Crippen molar-refractivity contribution in [2.24, 2.45) is 0 Å². The maximum absolute atomic E-state index is 11.4. The fourth-order valence-electron chi connectivity index (χ4n) is 1.04. The van der Waals surface area contributed by atoms with Gasteiger partial charge in [-0.2, -0.15) is 0 Å². The summed E-state index contributed by atoms with van der Waals surface area (Å²) in [7, 11) is -3.38. The quantitative estimate of drug-likeness (QED) is 0.829. The highest BCUT2D eigenvalue weighted by Crippen LogP contribution is 2.16. The molecule has 0 aliphatic heterocycles. The Bertz CT molecular complexity index is 414. The summed E-state index contributed by atoms with van der Waals surface area (Å²) in [5, 5.41) is 0. The van der Waals surface area contributed by atoms with Crippen molar-refractivity contribution < 1.29 is 8.42 Å². The van der Waals surface area contributed by atoms with Crippen molar-refractivity contribution in [2.45, 2.75) is 18.7 Å². The van der Waals surface area contributed by atoms with E-state index in [1.807, 2.05) is 13.0 Å². The van der Waals surface area contributed by atoms with E-state index in [0.29, 0.717) is 4.90 Å². The minimum atomic E-state index is -3.38. The molecule has 1 aromatic carbocycles. The SMILES string of the molecule is Cc1ccc(C)c(S(=O)(=O)NBr)c1. The average Bonchev–Trinajstić information content (AvgIpc) is 2.09.